The number of carbonyl (C=O) groups excluding carboxylic acids is 2. The van der Waals surface area contributed by atoms with Crippen LogP contribution in [0, 0.1) is 17.0 Å². The minimum absolute atomic E-state index is 0.0743. The minimum Gasteiger partial charge on any atom is -0.569 e. The molecule has 1 N–H and O–H groups in total. The summed E-state index contributed by atoms with van der Waals surface area (Å²) in [6, 6.07) is 21.3. The van der Waals surface area contributed by atoms with Gasteiger partial charge in [-0.2, -0.15) is 10.2 Å². The van der Waals surface area contributed by atoms with Crippen LogP contribution < -0.4 is 4.74 Å². The lowest BCUT2D eigenvalue weighted by molar-refractivity contribution is -0.719. The second-order valence-electron chi connectivity index (χ2n) is 14.7. The Bertz CT molecular complexity index is 2110. The zero-order chi connectivity index (χ0) is 41.1. The summed E-state index contributed by atoms with van der Waals surface area (Å²) in [7, 11) is 1.63. The number of aromatic nitrogens is 6. The highest BCUT2D eigenvalue weighted by Crippen LogP contribution is 2.31. The number of imidazole rings is 1. The maximum atomic E-state index is 13.6. The first-order valence-electron chi connectivity index (χ1n) is 18.9. The second-order valence-corrected chi connectivity index (χ2v) is 14.7. The van der Waals surface area contributed by atoms with Crippen molar-refractivity contribution in [1.82, 2.24) is 35.2 Å². The number of rotatable bonds is 18. The topological polar surface area (TPSA) is 194 Å². The SMILES string of the molecule is CCOc1nc2cccc(C(=O)OC(C)OC(=O)OCCC(CCO/N=[N+](\[O-])N(C)C(C)(C)C)C(C)C)c2n1Cc1ccc(-c2ccccc2-c2nn[nH]n2)cc1. The van der Waals surface area contributed by atoms with Crippen LogP contribution in [0.1, 0.15) is 77.2 Å². The van der Waals surface area contributed by atoms with Crippen LogP contribution in [0.4, 0.5) is 4.79 Å². The monoisotopic (exact) mass is 785 g/mol. The molecule has 0 bridgehead atoms. The van der Waals surface area contributed by atoms with E-state index in [1.807, 2.05) is 80.8 Å². The van der Waals surface area contributed by atoms with Gasteiger partial charge in [0.1, 0.15) is 6.61 Å². The Kier molecular flexibility index (Phi) is 14.0. The third-order valence-electron chi connectivity index (χ3n) is 9.47. The number of benzene rings is 3. The summed E-state index contributed by atoms with van der Waals surface area (Å²) in [4.78, 5) is 36.5. The van der Waals surface area contributed by atoms with Crippen LogP contribution in [0.2, 0.25) is 0 Å². The van der Waals surface area contributed by atoms with Crippen molar-refractivity contribution < 1.29 is 38.3 Å². The lowest BCUT2D eigenvalue weighted by atomic mass is 9.90. The van der Waals surface area contributed by atoms with E-state index in [-0.39, 0.29) is 30.6 Å². The van der Waals surface area contributed by atoms with Gasteiger partial charge in [0, 0.05) is 12.5 Å². The van der Waals surface area contributed by atoms with Crippen molar-refractivity contribution in [2.45, 2.75) is 79.7 Å². The molecule has 17 nitrogen and oxygen atoms in total. The number of esters is 1. The fourth-order valence-corrected chi connectivity index (χ4v) is 6.01. The molecule has 2 heterocycles. The lowest BCUT2D eigenvalue weighted by Gasteiger charge is -2.26. The number of carbonyl (C=O) groups is 2. The van der Waals surface area contributed by atoms with Gasteiger partial charge >= 0.3 is 12.1 Å². The Morgan fingerprint density at radius 2 is 1.68 bits per heavy atom. The van der Waals surface area contributed by atoms with Crippen molar-refractivity contribution in [2.24, 2.45) is 17.1 Å². The van der Waals surface area contributed by atoms with Crippen LogP contribution in [0.15, 0.2) is 72.0 Å². The van der Waals surface area contributed by atoms with Crippen molar-refractivity contribution in [1.29, 1.82) is 0 Å². The maximum absolute atomic E-state index is 13.6. The smallest absolute Gasteiger partial charge is 0.511 e. The first-order valence-corrected chi connectivity index (χ1v) is 18.9. The normalized spacial score (nSPS) is 13.0. The van der Waals surface area contributed by atoms with Crippen LogP contribution in [0.5, 0.6) is 6.01 Å². The van der Waals surface area contributed by atoms with E-state index < -0.39 is 24.0 Å². The molecule has 2 aromatic heterocycles. The number of nitrogens with one attached hydrogen (secondary N) is 1. The molecule has 2 unspecified atom stereocenters. The fourth-order valence-electron chi connectivity index (χ4n) is 6.01. The Hall–Kier alpha value is -6.26. The molecule has 0 aliphatic heterocycles. The second kappa shape index (κ2) is 19.1. The predicted octanol–water partition coefficient (Wildman–Crippen LogP) is 7.58. The summed E-state index contributed by atoms with van der Waals surface area (Å²) in [5.41, 5.74) is 4.54. The van der Waals surface area contributed by atoms with Gasteiger partial charge in [0.25, 0.3) is 6.01 Å². The summed E-state index contributed by atoms with van der Waals surface area (Å²) < 4.78 is 23.9. The molecule has 57 heavy (non-hydrogen) atoms. The molecule has 0 aliphatic carbocycles. The molecule has 2 atom stereocenters. The maximum Gasteiger partial charge on any atom is 0.511 e. The first-order chi connectivity index (χ1) is 27.3. The highest BCUT2D eigenvalue weighted by molar-refractivity contribution is 6.02. The van der Waals surface area contributed by atoms with Gasteiger partial charge in [0.2, 0.25) is 17.4 Å². The lowest BCUT2D eigenvalue weighted by Crippen LogP contribution is -2.42. The van der Waals surface area contributed by atoms with Crippen LogP contribution >= 0.6 is 0 Å². The molecule has 304 valence electrons. The first kappa shape index (κ1) is 41.9. The molecule has 0 saturated heterocycles. The highest BCUT2D eigenvalue weighted by atomic mass is 16.8. The van der Waals surface area contributed by atoms with Crippen molar-refractivity contribution in [3.05, 3.63) is 83.1 Å². The molecule has 0 saturated carbocycles. The van der Waals surface area contributed by atoms with E-state index in [1.165, 1.54) is 11.9 Å². The molecule has 5 aromatic rings. The zero-order valence-corrected chi connectivity index (χ0v) is 33.7. The standard InChI is InChI=1S/C40H51N9O8/c1-9-53-38-41-34-16-12-15-33(35(34)48(38)25-28-17-19-30(20-18-28)31-13-10-11-14-32(31)36-42-44-45-43-36)37(50)56-27(4)57-39(51)54-23-21-29(26(2)3)22-24-55-46-49(52)47(8)40(5,6)7/h10-20,26-27,29H,9,21-25H2,1-8H3,(H,42,43,44,45)/b49-46-. The van der Waals surface area contributed by atoms with Crippen LogP contribution in [-0.4, -0.2) is 91.0 Å². The number of hydrogen-bond donors (Lipinski definition) is 1. The van der Waals surface area contributed by atoms with Crippen molar-refractivity contribution in [3.63, 3.8) is 0 Å². The molecule has 5 rings (SSSR count). The molecular formula is C40H51N9O8. The Morgan fingerprint density at radius 3 is 2.35 bits per heavy atom. The molecule has 0 aliphatic rings. The number of nitrogens with zero attached hydrogens (tertiary/aromatic N) is 8. The average molecular weight is 786 g/mol. The third kappa shape index (κ3) is 11.0. The predicted molar refractivity (Wildman–Crippen MR) is 209 cm³/mol. The number of hydrogen-bond acceptors (Lipinski definition) is 13. The molecule has 3 aromatic carbocycles. The molecule has 0 spiro atoms. The minimum atomic E-state index is -1.25. The molecule has 0 fully saturated rings. The number of tetrazole rings is 1. The molecular weight excluding hydrogens is 734 g/mol. The van der Waals surface area contributed by atoms with E-state index in [2.05, 4.69) is 44.7 Å². The van der Waals surface area contributed by atoms with Gasteiger partial charge in [0.15, 0.2) is 0 Å². The zero-order valence-electron chi connectivity index (χ0n) is 33.7. The number of aromatic amines is 1. The molecule has 17 heteroatoms. The van der Waals surface area contributed by atoms with Gasteiger partial charge in [-0.1, -0.05) is 68.4 Å². The average Bonchev–Trinajstić information content (AvgIpc) is 3.84. The summed E-state index contributed by atoms with van der Waals surface area (Å²) in [5.74, 6) is 0.151. The van der Waals surface area contributed by atoms with E-state index in [0.717, 1.165) is 22.3 Å². The molecule has 0 radical (unpaired) electrons. The van der Waals surface area contributed by atoms with E-state index in [4.69, 9.17) is 23.8 Å². The van der Waals surface area contributed by atoms with Crippen LogP contribution in [-0.2, 0) is 25.6 Å². The van der Waals surface area contributed by atoms with Gasteiger partial charge in [-0.3, -0.25) is 4.57 Å². The van der Waals surface area contributed by atoms with Crippen LogP contribution in [0.25, 0.3) is 33.5 Å². The third-order valence-corrected chi connectivity index (χ3v) is 9.47. The van der Waals surface area contributed by atoms with Gasteiger partial charge in [-0.25, -0.2) is 9.59 Å². The summed E-state index contributed by atoms with van der Waals surface area (Å²) >= 11 is 0. The summed E-state index contributed by atoms with van der Waals surface area (Å²) in [6.07, 6.45) is -1.10. The van der Waals surface area contributed by atoms with Gasteiger partial charge in [-0.05, 0) is 86.4 Å². The Morgan fingerprint density at radius 1 is 0.965 bits per heavy atom. The molecule has 0 amide bonds. The summed E-state index contributed by atoms with van der Waals surface area (Å²) in [5, 5.41) is 31.7. The number of fused-ring (bicyclic) bond motifs is 1. The fraction of sp³-hybridized carbons (Fsp3) is 0.450. The summed E-state index contributed by atoms with van der Waals surface area (Å²) in [6.45, 7) is 14.1. The number of ether oxygens (including phenoxy) is 4. The van der Waals surface area contributed by atoms with Gasteiger partial charge < -0.3 is 29.0 Å². The van der Waals surface area contributed by atoms with E-state index >= 15 is 0 Å². The van der Waals surface area contributed by atoms with Crippen molar-refractivity contribution in [2.75, 3.05) is 26.9 Å². The Balaban J connectivity index is 1.19. The van der Waals surface area contributed by atoms with E-state index in [1.54, 1.807) is 25.2 Å². The number of para-hydroxylation sites is 1. The van der Waals surface area contributed by atoms with E-state index in [0.29, 0.717) is 53.8 Å². The van der Waals surface area contributed by atoms with E-state index in [9.17, 15) is 14.8 Å². The number of H-pyrrole nitrogens is 1. The quantitative estimate of drug-likeness (QED) is 0.0228. The number of hydrazine groups is 1. The largest absolute Gasteiger partial charge is 0.569 e. The van der Waals surface area contributed by atoms with Crippen LogP contribution in [0.3, 0.4) is 0 Å². The Labute approximate surface area is 331 Å². The van der Waals surface area contributed by atoms with Crippen molar-refractivity contribution >= 4 is 23.2 Å². The van der Waals surface area contributed by atoms with Gasteiger partial charge in [-0.15, -0.1) is 15.2 Å². The highest BCUT2D eigenvalue weighted by Gasteiger charge is 2.25. The van der Waals surface area contributed by atoms with Gasteiger partial charge in [0.05, 0.1) is 53.9 Å². The van der Waals surface area contributed by atoms with Crippen molar-refractivity contribution in [3.8, 4) is 28.5 Å².